The van der Waals surface area contributed by atoms with Gasteiger partial charge in [0.2, 0.25) is 5.91 Å². The van der Waals surface area contributed by atoms with Crippen molar-refractivity contribution < 1.29 is 24.6 Å². The second-order valence-corrected chi connectivity index (χ2v) is 8.00. The predicted octanol–water partition coefficient (Wildman–Crippen LogP) is 3.54. The molecule has 25 heavy (non-hydrogen) atoms. The van der Waals surface area contributed by atoms with Crippen molar-refractivity contribution in [3.63, 3.8) is 0 Å². The van der Waals surface area contributed by atoms with E-state index < -0.39 is 23.8 Å². The molecule has 1 aromatic rings. The second-order valence-electron chi connectivity index (χ2n) is 6.90. The number of fused-ring (bicyclic) bond motifs is 1. The van der Waals surface area contributed by atoms with Crippen LogP contribution in [-0.4, -0.2) is 28.1 Å². The van der Waals surface area contributed by atoms with E-state index in [-0.39, 0.29) is 11.5 Å². The Bertz CT molecular complexity index is 696. The van der Waals surface area contributed by atoms with E-state index in [2.05, 4.69) is 5.32 Å². The second kappa shape index (κ2) is 7.56. The minimum absolute atomic E-state index is 0.206. The summed E-state index contributed by atoms with van der Waals surface area (Å²) < 4.78 is 0. The Morgan fingerprint density at radius 2 is 1.60 bits per heavy atom. The zero-order valence-electron chi connectivity index (χ0n) is 14.0. The molecular weight excluding hydrogens is 342 g/mol. The first kappa shape index (κ1) is 17.9. The summed E-state index contributed by atoms with van der Waals surface area (Å²) in [5.74, 6) is -3.59. The molecule has 2 atom stereocenters. The lowest BCUT2D eigenvalue weighted by Crippen LogP contribution is -2.36. The molecule has 1 saturated carbocycles. The van der Waals surface area contributed by atoms with Crippen molar-refractivity contribution in [1.29, 1.82) is 0 Å². The highest BCUT2D eigenvalue weighted by Gasteiger charge is 2.36. The molecule has 3 N–H and O–H groups in total. The maximum absolute atomic E-state index is 12.7. The number of rotatable bonds is 4. The third-order valence-electron chi connectivity index (χ3n) is 5.29. The number of hydrogen-bond acceptors (Lipinski definition) is 4. The molecule has 2 aliphatic rings. The van der Waals surface area contributed by atoms with E-state index in [9.17, 15) is 24.6 Å². The first-order chi connectivity index (χ1) is 12.0. The van der Waals surface area contributed by atoms with Gasteiger partial charge in [-0.3, -0.25) is 9.59 Å². The van der Waals surface area contributed by atoms with Gasteiger partial charge in [-0.2, -0.15) is 0 Å². The van der Waals surface area contributed by atoms with E-state index in [0.29, 0.717) is 17.8 Å². The Morgan fingerprint density at radius 3 is 2.28 bits per heavy atom. The Hall–Kier alpha value is -1.89. The third kappa shape index (κ3) is 3.71. The lowest BCUT2D eigenvalue weighted by Gasteiger charge is -2.27. The summed E-state index contributed by atoms with van der Waals surface area (Å²) in [6.07, 6.45) is 7.33. The van der Waals surface area contributed by atoms with Crippen LogP contribution in [0.3, 0.4) is 0 Å². The van der Waals surface area contributed by atoms with Crippen LogP contribution in [0.2, 0.25) is 0 Å². The van der Waals surface area contributed by atoms with Gasteiger partial charge in [0.25, 0.3) is 0 Å². The van der Waals surface area contributed by atoms with Crippen molar-refractivity contribution in [2.75, 3.05) is 5.32 Å². The van der Waals surface area contributed by atoms with E-state index in [0.717, 1.165) is 55.4 Å². The van der Waals surface area contributed by atoms with Gasteiger partial charge in [-0.05, 0) is 44.1 Å². The third-order valence-corrected chi connectivity index (χ3v) is 6.50. The van der Waals surface area contributed by atoms with Gasteiger partial charge in [0, 0.05) is 4.88 Å². The van der Waals surface area contributed by atoms with Crippen molar-refractivity contribution in [3.8, 4) is 0 Å². The lowest BCUT2D eigenvalue weighted by atomic mass is 9.79. The van der Waals surface area contributed by atoms with Crippen LogP contribution in [0.15, 0.2) is 0 Å². The average Bonchev–Trinajstić information content (AvgIpc) is 2.76. The molecule has 0 spiro atoms. The summed E-state index contributed by atoms with van der Waals surface area (Å²) in [6.45, 7) is 0. The lowest BCUT2D eigenvalue weighted by molar-refractivity contribution is -0.147. The standard InChI is InChI=1S/C18H23NO5S/c20-15(10-6-4-5-7-11(10)17(21)22)19-16-14(18(23)24)12-8-2-1-3-9-13(12)25-16/h10-11H,1-9H2,(H,19,20)(H,21,22)(H,23,24)/t10-,11+/m0/s1. The number of aliphatic carboxylic acids is 1. The predicted molar refractivity (Wildman–Crippen MR) is 94.3 cm³/mol. The topological polar surface area (TPSA) is 104 Å². The number of amides is 1. The normalized spacial score (nSPS) is 23.4. The molecule has 1 amide bonds. The average molecular weight is 365 g/mol. The van der Waals surface area contributed by atoms with E-state index in [1.807, 2.05) is 0 Å². The minimum atomic E-state index is -1.02. The van der Waals surface area contributed by atoms with Crippen LogP contribution >= 0.6 is 11.3 Å². The fourth-order valence-corrected chi connectivity index (χ4v) is 5.29. The molecule has 1 heterocycles. The van der Waals surface area contributed by atoms with Crippen molar-refractivity contribution >= 4 is 34.2 Å². The van der Waals surface area contributed by atoms with Crippen molar-refractivity contribution in [1.82, 2.24) is 0 Å². The summed E-state index contributed by atoms with van der Waals surface area (Å²) in [7, 11) is 0. The molecule has 6 nitrogen and oxygen atoms in total. The molecule has 3 rings (SSSR count). The molecule has 136 valence electrons. The Morgan fingerprint density at radius 1 is 0.920 bits per heavy atom. The zero-order valence-corrected chi connectivity index (χ0v) is 14.9. The molecule has 0 radical (unpaired) electrons. The minimum Gasteiger partial charge on any atom is -0.481 e. The van der Waals surface area contributed by atoms with Gasteiger partial charge in [-0.25, -0.2) is 4.79 Å². The molecule has 2 aliphatic carbocycles. The summed E-state index contributed by atoms with van der Waals surface area (Å²) in [5.41, 5.74) is 1.06. The number of anilines is 1. The Labute approximate surface area is 150 Å². The van der Waals surface area contributed by atoms with Gasteiger partial charge in [0.1, 0.15) is 5.00 Å². The quantitative estimate of drug-likeness (QED) is 0.708. The fourth-order valence-electron chi connectivity index (χ4n) is 4.00. The molecule has 1 aromatic heterocycles. The Kier molecular flexibility index (Phi) is 5.42. The van der Waals surface area contributed by atoms with E-state index in [1.54, 1.807) is 0 Å². The number of carboxylic acid groups (broad SMARTS) is 2. The number of carboxylic acids is 2. The van der Waals surface area contributed by atoms with Crippen LogP contribution in [0, 0.1) is 11.8 Å². The largest absolute Gasteiger partial charge is 0.481 e. The number of carbonyl (C=O) groups is 3. The summed E-state index contributed by atoms with van der Waals surface area (Å²) in [5, 5.41) is 22.1. The van der Waals surface area contributed by atoms with Crippen LogP contribution < -0.4 is 5.32 Å². The van der Waals surface area contributed by atoms with Gasteiger partial charge >= 0.3 is 11.9 Å². The molecular formula is C18H23NO5S. The number of aromatic carboxylic acids is 1. The maximum Gasteiger partial charge on any atom is 0.339 e. The summed E-state index contributed by atoms with van der Waals surface area (Å²) >= 11 is 1.35. The molecule has 0 aromatic carbocycles. The van der Waals surface area contributed by atoms with Gasteiger partial charge in [0.15, 0.2) is 0 Å². The van der Waals surface area contributed by atoms with Crippen molar-refractivity contribution in [2.45, 2.75) is 57.8 Å². The maximum atomic E-state index is 12.7. The van der Waals surface area contributed by atoms with Gasteiger partial charge < -0.3 is 15.5 Å². The molecule has 7 heteroatoms. The van der Waals surface area contributed by atoms with Crippen molar-refractivity contribution in [3.05, 3.63) is 16.0 Å². The first-order valence-corrected chi connectivity index (χ1v) is 9.72. The highest BCUT2D eigenvalue weighted by molar-refractivity contribution is 7.17. The SMILES string of the molecule is O=C(O)c1c(NC(=O)[C@H]2CCCC[C@H]2C(=O)O)sc2c1CCCCC2. The smallest absolute Gasteiger partial charge is 0.339 e. The van der Waals surface area contributed by atoms with E-state index in [4.69, 9.17) is 0 Å². The molecule has 0 aliphatic heterocycles. The first-order valence-electron chi connectivity index (χ1n) is 8.90. The number of carbonyl (C=O) groups excluding carboxylic acids is 1. The van der Waals surface area contributed by atoms with Crippen LogP contribution in [0.25, 0.3) is 0 Å². The molecule has 0 bridgehead atoms. The molecule has 0 saturated heterocycles. The zero-order chi connectivity index (χ0) is 18.0. The summed E-state index contributed by atoms with van der Waals surface area (Å²) in [6, 6.07) is 0. The Balaban J connectivity index is 1.85. The monoisotopic (exact) mass is 365 g/mol. The van der Waals surface area contributed by atoms with Crippen LogP contribution in [0.4, 0.5) is 5.00 Å². The van der Waals surface area contributed by atoms with Crippen molar-refractivity contribution in [2.24, 2.45) is 11.8 Å². The van der Waals surface area contributed by atoms with Crippen LogP contribution in [0.1, 0.15) is 65.7 Å². The van der Waals surface area contributed by atoms with E-state index >= 15 is 0 Å². The highest BCUT2D eigenvalue weighted by Crippen LogP contribution is 2.39. The van der Waals surface area contributed by atoms with E-state index in [1.165, 1.54) is 11.3 Å². The fraction of sp³-hybridized carbons (Fsp3) is 0.611. The number of nitrogens with one attached hydrogen (secondary N) is 1. The van der Waals surface area contributed by atoms with Crippen LogP contribution in [-0.2, 0) is 22.4 Å². The molecule has 0 unspecified atom stereocenters. The van der Waals surface area contributed by atoms with Gasteiger partial charge in [-0.15, -0.1) is 11.3 Å². The number of aryl methyl sites for hydroxylation is 1. The van der Waals surface area contributed by atoms with Crippen LogP contribution in [0.5, 0.6) is 0 Å². The summed E-state index contributed by atoms with van der Waals surface area (Å²) in [4.78, 5) is 36.9. The van der Waals surface area contributed by atoms with Gasteiger partial charge in [0.05, 0.1) is 17.4 Å². The van der Waals surface area contributed by atoms with Gasteiger partial charge in [-0.1, -0.05) is 19.3 Å². The molecule has 1 fully saturated rings. The number of hydrogen-bond donors (Lipinski definition) is 3. The number of thiophene rings is 1. The highest BCUT2D eigenvalue weighted by atomic mass is 32.1.